The van der Waals surface area contributed by atoms with Gasteiger partial charge in [-0.2, -0.15) is 0 Å². The average Bonchev–Trinajstić information content (AvgIpc) is 3.10. The zero-order chi connectivity index (χ0) is 16.2. The molecule has 5 nitrogen and oxygen atoms in total. The molecule has 1 aliphatic carbocycles. The minimum Gasteiger partial charge on any atom is -0.344 e. The van der Waals surface area contributed by atoms with Crippen LogP contribution in [0.25, 0.3) is 0 Å². The molecule has 1 fully saturated rings. The van der Waals surface area contributed by atoms with Crippen molar-refractivity contribution in [3.8, 4) is 12.3 Å². The molecule has 7 heteroatoms. The van der Waals surface area contributed by atoms with E-state index in [1.54, 1.807) is 11.3 Å². The summed E-state index contributed by atoms with van der Waals surface area (Å²) in [4.78, 5) is 13.3. The Balaban J connectivity index is 1.73. The van der Waals surface area contributed by atoms with Crippen LogP contribution in [0.3, 0.4) is 0 Å². The number of hydrogen-bond donors (Lipinski definition) is 1. The number of terminal acetylenes is 1. The lowest BCUT2D eigenvalue weighted by atomic mass is 10.3. The summed E-state index contributed by atoms with van der Waals surface area (Å²) in [5.74, 6) is 3.32. The number of thiophene rings is 1. The van der Waals surface area contributed by atoms with Crippen LogP contribution >= 0.6 is 23.1 Å². The van der Waals surface area contributed by atoms with Crippen molar-refractivity contribution in [3.63, 3.8) is 0 Å². The van der Waals surface area contributed by atoms with Crippen molar-refractivity contribution in [1.82, 2.24) is 20.1 Å². The summed E-state index contributed by atoms with van der Waals surface area (Å²) in [6.45, 7) is 2.12. The highest BCUT2D eigenvalue weighted by Crippen LogP contribution is 2.40. The van der Waals surface area contributed by atoms with E-state index in [2.05, 4.69) is 37.4 Å². The van der Waals surface area contributed by atoms with Crippen LogP contribution in [0.2, 0.25) is 0 Å². The molecular weight excluding hydrogens is 328 g/mol. The van der Waals surface area contributed by atoms with E-state index in [1.165, 1.54) is 16.6 Å². The van der Waals surface area contributed by atoms with E-state index in [1.807, 2.05) is 13.0 Å². The molecule has 2 aromatic rings. The van der Waals surface area contributed by atoms with E-state index in [0.29, 0.717) is 6.04 Å². The first-order chi connectivity index (χ1) is 11.2. The van der Waals surface area contributed by atoms with E-state index in [4.69, 9.17) is 6.42 Å². The molecule has 0 radical (unpaired) electrons. The molecule has 3 rings (SSSR count). The third-order valence-corrected chi connectivity index (χ3v) is 5.51. The van der Waals surface area contributed by atoms with Gasteiger partial charge in [0.1, 0.15) is 5.82 Å². The second-order valence-electron chi connectivity index (χ2n) is 5.44. The van der Waals surface area contributed by atoms with Crippen molar-refractivity contribution in [2.24, 2.45) is 0 Å². The summed E-state index contributed by atoms with van der Waals surface area (Å²) in [5.41, 5.74) is 0. The van der Waals surface area contributed by atoms with E-state index in [9.17, 15) is 4.79 Å². The molecule has 1 N–H and O–H groups in total. The number of aromatic nitrogens is 3. The number of nitrogens with zero attached hydrogens (tertiary/aromatic N) is 3. The number of hydrogen-bond acceptors (Lipinski definition) is 5. The van der Waals surface area contributed by atoms with Crippen LogP contribution in [0.5, 0.6) is 0 Å². The van der Waals surface area contributed by atoms with Gasteiger partial charge in [0.15, 0.2) is 5.16 Å². The van der Waals surface area contributed by atoms with Crippen LogP contribution in [0.15, 0.2) is 22.7 Å². The van der Waals surface area contributed by atoms with Gasteiger partial charge >= 0.3 is 0 Å². The monoisotopic (exact) mass is 346 g/mol. The Kier molecular flexibility index (Phi) is 5.03. The largest absolute Gasteiger partial charge is 0.344 e. The molecule has 2 heterocycles. The maximum Gasteiger partial charge on any atom is 0.234 e. The quantitative estimate of drug-likeness (QED) is 0.618. The summed E-state index contributed by atoms with van der Waals surface area (Å²) in [6, 6.07) is 4.63. The van der Waals surface area contributed by atoms with Crippen molar-refractivity contribution < 1.29 is 4.79 Å². The Morgan fingerprint density at radius 3 is 3.09 bits per heavy atom. The van der Waals surface area contributed by atoms with Gasteiger partial charge in [-0.1, -0.05) is 23.7 Å². The fourth-order valence-electron chi connectivity index (χ4n) is 2.27. The van der Waals surface area contributed by atoms with Gasteiger partial charge in [0.05, 0.1) is 11.8 Å². The molecule has 1 atom stereocenters. The molecule has 0 spiro atoms. The summed E-state index contributed by atoms with van der Waals surface area (Å²) in [6.07, 6.45) is 8.27. The van der Waals surface area contributed by atoms with Crippen LogP contribution in [0.1, 0.15) is 36.5 Å². The SMILES string of the molecule is C#CCNC(=O)C(C)Sc1nnc(Cc2cccs2)n1C1CC1. The smallest absolute Gasteiger partial charge is 0.234 e. The third kappa shape index (κ3) is 3.95. The maximum absolute atomic E-state index is 12.0. The van der Waals surface area contributed by atoms with E-state index in [-0.39, 0.29) is 17.7 Å². The van der Waals surface area contributed by atoms with Gasteiger partial charge in [-0.25, -0.2) is 0 Å². The molecule has 120 valence electrons. The van der Waals surface area contributed by atoms with Crippen LogP contribution in [0.4, 0.5) is 0 Å². The fourth-order valence-corrected chi connectivity index (χ4v) is 3.93. The summed E-state index contributed by atoms with van der Waals surface area (Å²) in [7, 11) is 0. The molecule has 1 aliphatic rings. The predicted octanol–water partition coefficient (Wildman–Crippen LogP) is 2.50. The Morgan fingerprint density at radius 1 is 1.61 bits per heavy atom. The molecule has 0 bridgehead atoms. The molecule has 23 heavy (non-hydrogen) atoms. The highest BCUT2D eigenvalue weighted by atomic mass is 32.2. The Hall–Kier alpha value is -1.78. The molecular formula is C16H18N4OS2. The van der Waals surface area contributed by atoms with E-state index < -0.39 is 0 Å². The summed E-state index contributed by atoms with van der Waals surface area (Å²) in [5, 5.41) is 14.0. The number of carbonyl (C=O) groups is 1. The Bertz CT molecular complexity index is 713. The van der Waals surface area contributed by atoms with Crippen LogP contribution < -0.4 is 5.32 Å². The number of rotatable bonds is 7. The van der Waals surface area contributed by atoms with Crippen LogP contribution in [0, 0.1) is 12.3 Å². The molecule has 1 saturated carbocycles. The van der Waals surface area contributed by atoms with Crippen molar-refractivity contribution in [3.05, 3.63) is 28.2 Å². The second-order valence-corrected chi connectivity index (χ2v) is 7.78. The first-order valence-electron chi connectivity index (χ1n) is 7.53. The van der Waals surface area contributed by atoms with E-state index >= 15 is 0 Å². The number of amides is 1. The predicted molar refractivity (Wildman–Crippen MR) is 92.6 cm³/mol. The molecule has 0 aliphatic heterocycles. The van der Waals surface area contributed by atoms with Gasteiger partial charge in [0, 0.05) is 17.3 Å². The topological polar surface area (TPSA) is 59.8 Å². The summed E-state index contributed by atoms with van der Waals surface area (Å²) >= 11 is 3.17. The zero-order valence-electron chi connectivity index (χ0n) is 12.9. The molecule has 0 aromatic carbocycles. The lowest BCUT2D eigenvalue weighted by Crippen LogP contribution is -2.31. The maximum atomic E-state index is 12.0. The molecule has 0 saturated heterocycles. The average molecular weight is 346 g/mol. The normalized spacial score (nSPS) is 15.1. The van der Waals surface area contributed by atoms with Crippen molar-refractivity contribution in [2.75, 3.05) is 6.54 Å². The van der Waals surface area contributed by atoms with Crippen molar-refractivity contribution in [1.29, 1.82) is 0 Å². The van der Waals surface area contributed by atoms with Crippen LogP contribution in [-0.2, 0) is 11.2 Å². The van der Waals surface area contributed by atoms with Gasteiger partial charge in [0.2, 0.25) is 5.91 Å². The minimum absolute atomic E-state index is 0.0712. The highest BCUT2D eigenvalue weighted by molar-refractivity contribution is 8.00. The van der Waals surface area contributed by atoms with Gasteiger partial charge < -0.3 is 9.88 Å². The Morgan fingerprint density at radius 2 is 2.43 bits per heavy atom. The standard InChI is InChI=1S/C16H18N4OS2/c1-3-8-17-15(21)11(2)23-16-19-18-14(20(16)12-6-7-12)10-13-5-4-9-22-13/h1,4-5,9,11-12H,6-8,10H2,2H3,(H,17,21). The van der Waals surface area contributed by atoms with Crippen molar-refractivity contribution >= 4 is 29.0 Å². The molecule has 2 aromatic heterocycles. The number of nitrogens with one attached hydrogen (secondary N) is 1. The summed E-state index contributed by atoms with van der Waals surface area (Å²) < 4.78 is 2.20. The van der Waals surface area contributed by atoms with Crippen LogP contribution in [-0.4, -0.2) is 32.5 Å². The van der Waals surface area contributed by atoms with Gasteiger partial charge in [0.25, 0.3) is 0 Å². The fraction of sp³-hybridized carbons (Fsp3) is 0.438. The lowest BCUT2D eigenvalue weighted by molar-refractivity contribution is -0.120. The lowest BCUT2D eigenvalue weighted by Gasteiger charge is -2.12. The number of carbonyl (C=O) groups excluding carboxylic acids is 1. The zero-order valence-corrected chi connectivity index (χ0v) is 14.5. The first kappa shape index (κ1) is 16.1. The first-order valence-corrected chi connectivity index (χ1v) is 9.29. The highest BCUT2D eigenvalue weighted by Gasteiger charge is 2.31. The van der Waals surface area contributed by atoms with Gasteiger partial charge in [-0.15, -0.1) is 28.0 Å². The Labute approximate surface area is 143 Å². The third-order valence-electron chi connectivity index (χ3n) is 3.58. The van der Waals surface area contributed by atoms with Gasteiger partial charge in [-0.3, -0.25) is 4.79 Å². The second kappa shape index (κ2) is 7.20. The molecule has 1 amide bonds. The molecule has 1 unspecified atom stereocenters. The number of thioether (sulfide) groups is 1. The van der Waals surface area contributed by atoms with E-state index in [0.717, 1.165) is 30.2 Å². The van der Waals surface area contributed by atoms with Gasteiger partial charge in [-0.05, 0) is 31.2 Å². The minimum atomic E-state index is -0.250. The van der Waals surface area contributed by atoms with Crippen molar-refractivity contribution in [2.45, 2.75) is 42.6 Å².